The molecular weight excluding hydrogens is 190 g/mol. The third-order valence-corrected chi connectivity index (χ3v) is 3.44. The Kier molecular flexibility index (Phi) is 2.55. The van der Waals surface area contributed by atoms with Crippen LogP contribution in [0.15, 0.2) is 0 Å². The third-order valence-electron chi connectivity index (χ3n) is 3.44. The molecule has 0 saturated carbocycles. The standard InChI is InChI=1S/C12H17NO2/c1-8-9-6-4-3-5-7-10(9)13(2)11(8)12(14)15/h3-7H2,1-2H3,(H,14,15). The molecule has 1 aliphatic carbocycles. The first-order chi connectivity index (χ1) is 7.13. The molecule has 0 aliphatic heterocycles. The number of aromatic nitrogens is 1. The number of carboxylic acids is 1. The highest BCUT2D eigenvalue weighted by atomic mass is 16.4. The molecule has 3 heteroatoms. The van der Waals surface area contributed by atoms with Crippen molar-refractivity contribution in [3.63, 3.8) is 0 Å². The second kappa shape index (κ2) is 3.72. The highest BCUT2D eigenvalue weighted by Gasteiger charge is 2.22. The Morgan fingerprint density at radius 1 is 1.27 bits per heavy atom. The van der Waals surface area contributed by atoms with Gasteiger partial charge in [-0.2, -0.15) is 0 Å². The Balaban J connectivity index is 2.57. The summed E-state index contributed by atoms with van der Waals surface area (Å²) < 4.78 is 1.87. The second-order valence-corrected chi connectivity index (χ2v) is 4.32. The lowest BCUT2D eigenvalue weighted by Gasteiger charge is -2.04. The van der Waals surface area contributed by atoms with Crippen LogP contribution in [0.25, 0.3) is 0 Å². The first-order valence-corrected chi connectivity index (χ1v) is 5.53. The van der Waals surface area contributed by atoms with Gasteiger partial charge in [0.25, 0.3) is 0 Å². The van der Waals surface area contributed by atoms with Crippen LogP contribution < -0.4 is 0 Å². The molecular formula is C12H17NO2. The maximum atomic E-state index is 11.1. The molecule has 1 aromatic heterocycles. The lowest BCUT2D eigenvalue weighted by Crippen LogP contribution is -2.08. The van der Waals surface area contributed by atoms with Gasteiger partial charge in [0.05, 0.1) is 0 Å². The molecule has 0 spiro atoms. The van der Waals surface area contributed by atoms with E-state index in [4.69, 9.17) is 5.11 Å². The van der Waals surface area contributed by atoms with Crippen molar-refractivity contribution in [3.8, 4) is 0 Å². The molecule has 0 radical (unpaired) electrons. The van der Waals surface area contributed by atoms with Crippen LogP contribution in [0.4, 0.5) is 0 Å². The molecule has 0 aromatic carbocycles. The fourth-order valence-corrected chi connectivity index (χ4v) is 2.67. The lowest BCUT2D eigenvalue weighted by molar-refractivity contribution is 0.0685. The van der Waals surface area contributed by atoms with Crippen molar-refractivity contribution in [2.45, 2.75) is 39.0 Å². The minimum atomic E-state index is -0.803. The molecule has 3 nitrogen and oxygen atoms in total. The summed E-state index contributed by atoms with van der Waals surface area (Å²) in [6, 6.07) is 0. The summed E-state index contributed by atoms with van der Waals surface area (Å²) in [7, 11) is 1.88. The summed E-state index contributed by atoms with van der Waals surface area (Å²) in [4.78, 5) is 11.1. The summed E-state index contributed by atoms with van der Waals surface area (Å²) in [5.74, 6) is -0.803. The predicted molar refractivity (Wildman–Crippen MR) is 58.4 cm³/mol. The molecule has 1 aliphatic rings. The Morgan fingerprint density at radius 2 is 1.93 bits per heavy atom. The van der Waals surface area contributed by atoms with Crippen LogP contribution in [0.3, 0.4) is 0 Å². The molecule has 82 valence electrons. The van der Waals surface area contributed by atoms with Crippen LogP contribution in [-0.4, -0.2) is 15.6 Å². The van der Waals surface area contributed by atoms with Crippen LogP contribution in [0, 0.1) is 6.92 Å². The van der Waals surface area contributed by atoms with Crippen molar-refractivity contribution in [1.82, 2.24) is 4.57 Å². The fraction of sp³-hybridized carbons (Fsp3) is 0.583. The van der Waals surface area contributed by atoms with Crippen LogP contribution in [0.1, 0.15) is 46.6 Å². The molecule has 0 amide bonds. The molecule has 2 rings (SSSR count). The van der Waals surface area contributed by atoms with E-state index >= 15 is 0 Å². The van der Waals surface area contributed by atoms with E-state index in [9.17, 15) is 4.79 Å². The summed E-state index contributed by atoms with van der Waals surface area (Å²) in [6.45, 7) is 1.94. The van der Waals surface area contributed by atoms with E-state index in [1.54, 1.807) is 0 Å². The number of rotatable bonds is 1. The van der Waals surface area contributed by atoms with E-state index in [0.717, 1.165) is 18.4 Å². The maximum Gasteiger partial charge on any atom is 0.352 e. The summed E-state index contributed by atoms with van der Waals surface area (Å²) in [6.07, 6.45) is 5.71. The van der Waals surface area contributed by atoms with Crippen molar-refractivity contribution in [3.05, 3.63) is 22.5 Å². The lowest BCUT2D eigenvalue weighted by atomic mass is 10.1. The highest BCUT2D eigenvalue weighted by molar-refractivity contribution is 5.88. The minimum absolute atomic E-state index is 0.474. The normalized spacial score (nSPS) is 15.9. The van der Waals surface area contributed by atoms with Crippen molar-refractivity contribution in [2.24, 2.45) is 7.05 Å². The Hall–Kier alpha value is -1.25. The zero-order valence-electron chi connectivity index (χ0n) is 9.34. The van der Waals surface area contributed by atoms with Gasteiger partial charge >= 0.3 is 5.97 Å². The summed E-state index contributed by atoms with van der Waals surface area (Å²) in [5, 5.41) is 9.15. The maximum absolute atomic E-state index is 11.1. The van der Waals surface area contributed by atoms with Crippen molar-refractivity contribution >= 4 is 5.97 Å². The van der Waals surface area contributed by atoms with Crippen LogP contribution in [0.2, 0.25) is 0 Å². The second-order valence-electron chi connectivity index (χ2n) is 4.32. The molecule has 0 fully saturated rings. The van der Waals surface area contributed by atoms with Gasteiger partial charge in [0.2, 0.25) is 0 Å². The number of carboxylic acid groups (broad SMARTS) is 1. The smallest absolute Gasteiger partial charge is 0.352 e. The first kappa shape index (κ1) is 10.3. The van der Waals surface area contributed by atoms with Crippen LogP contribution in [-0.2, 0) is 19.9 Å². The molecule has 0 saturated heterocycles. The highest BCUT2D eigenvalue weighted by Crippen LogP contribution is 2.27. The Bertz CT molecular complexity index is 375. The van der Waals surface area contributed by atoms with E-state index < -0.39 is 5.97 Å². The van der Waals surface area contributed by atoms with Crippen molar-refractivity contribution < 1.29 is 9.90 Å². The van der Waals surface area contributed by atoms with Gasteiger partial charge in [-0.3, -0.25) is 0 Å². The zero-order chi connectivity index (χ0) is 11.0. The van der Waals surface area contributed by atoms with Crippen LogP contribution in [0.5, 0.6) is 0 Å². The fourth-order valence-electron chi connectivity index (χ4n) is 2.67. The van der Waals surface area contributed by atoms with E-state index in [1.807, 2.05) is 18.5 Å². The summed E-state index contributed by atoms with van der Waals surface area (Å²) in [5.41, 5.74) is 3.97. The molecule has 1 heterocycles. The predicted octanol–water partition coefficient (Wildman–Crippen LogP) is 2.30. The van der Waals surface area contributed by atoms with Gasteiger partial charge in [0, 0.05) is 12.7 Å². The molecule has 1 N–H and O–H groups in total. The Morgan fingerprint density at radius 3 is 2.60 bits per heavy atom. The average molecular weight is 207 g/mol. The molecule has 0 atom stereocenters. The number of fused-ring (bicyclic) bond motifs is 1. The van der Waals surface area contributed by atoms with Gasteiger partial charge in [-0.05, 0) is 43.7 Å². The largest absolute Gasteiger partial charge is 0.477 e. The van der Waals surface area contributed by atoms with Gasteiger partial charge in [0.15, 0.2) is 0 Å². The van der Waals surface area contributed by atoms with E-state index in [-0.39, 0.29) is 0 Å². The van der Waals surface area contributed by atoms with Crippen molar-refractivity contribution in [2.75, 3.05) is 0 Å². The number of aromatic carboxylic acids is 1. The first-order valence-electron chi connectivity index (χ1n) is 5.53. The third kappa shape index (κ3) is 1.56. The van der Waals surface area contributed by atoms with E-state index in [2.05, 4.69) is 0 Å². The van der Waals surface area contributed by atoms with E-state index in [0.29, 0.717) is 5.69 Å². The molecule has 0 unspecified atom stereocenters. The van der Waals surface area contributed by atoms with Gasteiger partial charge < -0.3 is 9.67 Å². The molecule has 15 heavy (non-hydrogen) atoms. The van der Waals surface area contributed by atoms with Crippen molar-refractivity contribution in [1.29, 1.82) is 0 Å². The van der Waals surface area contributed by atoms with Crippen LogP contribution >= 0.6 is 0 Å². The van der Waals surface area contributed by atoms with Gasteiger partial charge in [-0.25, -0.2) is 4.79 Å². The number of hydrogen-bond donors (Lipinski definition) is 1. The number of carbonyl (C=O) groups is 1. The van der Waals surface area contributed by atoms with Gasteiger partial charge in [-0.1, -0.05) is 6.42 Å². The zero-order valence-corrected chi connectivity index (χ0v) is 9.34. The SMILES string of the molecule is Cc1c2c(n(C)c1C(=O)O)CCCCC2. The monoisotopic (exact) mass is 207 g/mol. The van der Waals surface area contributed by atoms with Gasteiger partial charge in [-0.15, -0.1) is 0 Å². The molecule has 0 bridgehead atoms. The topological polar surface area (TPSA) is 42.2 Å². The molecule has 1 aromatic rings. The quantitative estimate of drug-likeness (QED) is 0.718. The number of hydrogen-bond acceptors (Lipinski definition) is 1. The number of nitrogens with zero attached hydrogens (tertiary/aromatic N) is 1. The van der Waals surface area contributed by atoms with Gasteiger partial charge in [0.1, 0.15) is 5.69 Å². The Labute approximate surface area is 89.7 Å². The average Bonchev–Trinajstić information content (AvgIpc) is 2.40. The summed E-state index contributed by atoms with van der Waals surface area (Å²) >= 11 is 0. The van der Waals surface area contributed by atoms with E-state index in [1.165, 1.54) is 30.5 Å². The minimum Gasteiger partial charge on any atom is -0.477 e.